The number of nitrogens with zero attached hydrogens (tertiary/aromatic N) is 1. The van der Waals surface area contributed by atoms with E-state index in [1.54, 1.807) is 11.0 Å². The van der Waals surface area contributed by atoms with Crippen molar-refractivity contribution in [1.29, 1.82) is 0 Å². The summed E-state index contributed by atoms with van der Waals surface area (Å²) in [5, 5.41) is 9.34. The molecule has 30 heavy (non-hydrogen) atoms. The lowest BCUT2D eigenvalue weighted by Crippen LogP contribution is -2.42. The number of benzene rings is 1. The molecular formula is C23H23NO4S2. The van der Waals surface area contributed by atoms with Crippen molar-refractivity contribution in [3.63, 3.8) is 0 Å². The van der Waals surface area contributed by atoms with Gasteiger partial charge in [-0.1, -0.05) is 54.2 Å². The molecule has 0 bridgehead atoms. The molecule has 7 heteroatoms. The van der Waals surface area contributed by atoms with Crippen LogP contribution < -0.4 is 0 Å². The number of carboxylic acids is 1. The predicted octanol–water partition coefficient (Wildman–Crippen LogP) is 5.41. The van der Waals surface area contributed by atoms with Crippen molar-refractivity contribution in [2.75, 3.05) is 0 Å². The number of hydrogen-bond donors (Lipinski definition) is 1. The average Bonchev–Trinajstić information content (AvgIpc) is 3.26. The Labute approximate surface area is 185 Å². The van der Waals surface area contributed by atoms with E-state index >= 15 is 0 Å². The number of carbonyl (C=O) groups is 2. The lowest BCUT2D eigenvalue weighted by atomic mass is 9.85. The van der Waals surface area contributed by atoms with Gasteiger partial charge in [0.25, 0.3) is 5.91 Å². The molecule has 2 aliphatic rings. The fourth-order valence-electron chi connectivity index (χ4n) is 4.21. The fraction of sp³-hybridized carbons (Fsp3) is 0.348. The summed E-state index contributed by atoms with van der Waals surface area (Å²) in [6.45, 7) is 4.10. The van der Waals surface area contributed by atoms with Crippen molar-refractivity contribution in [2.45, 2.75) is 45.6 Å². The van der Waals surface area contributed by atoms with Gasteiger partial charge in [-0.2, -0.15) is 0 Å². The molecule has 156 valence electrons. The van der Waals surface area contributed by atoms with Gasteiger partial charge >= 0.3 is 5.97 Å². The van der Waals surface area contributed by atoms with Gasteiger partial charge in [0, 0.05) is 17.7 Å². The summed E-state index contributed by atoms with van der Waals surface area (Å²) in [5.41, 5.74) is 3.35. The number of furan rings is 1. The Kier molecular flexibility index (Phi) is 5.84. The number of aryl methyl sites for hydroxylation is 2. The minimum atomic E-state index is -0.796. The van der Waals surface area contributed by atoms with Crippen LogP contribution in [0.25, 0.3) is 17.4 Å². The van der Waals surface area contributed by atoms with E-state index in [-0.39, 0.29) is 11.9 Å². The van der Waals surface area contributed by atoms with E-state index < -0.39 is 11.9 Å². The third kappa shape index (κ3) is 4.09. The van der Waals surface area contributed by atoms with Gasteiger partial charge in [0.2, 0.25) is 0 Å². The molecule has 1 N–H and O–H groups in total. The summed E-state index contributed by atoms with van der Waals surface area (Å²) in [6, 6.07) is 9.79. The maximum absolute atomic E-state index is 13.0. The highest BCUT2D eigenvalue weighted by Crippen LogP contribution is 2.39. The first-order chi connectivity index (χ1) is 14.3. The molecule has 2 unspecified atom stereocenters. The van der Waals surface area contributed by atoms with Crippen LogP contribution in [0.15, 0.2) is 39.7 Å². The standard InChI is InChI=1S/C23H23NO4S2/c1-13-6-8-18(14(2)10-13)19-9-7-17(28-19)12-20-21(25)24(23(29)30-20)16-5-3-4-15(11-16)22(26)27/h6-10,12,15-16H,3-5,11H2,1-2H3,(H,26,27). The molecule has 2 fully saturated rings. The Bertz CT molecular complexity index is 1060. The molecule has 2 aromatic rings. The fourth-order valence-corrected chi connectivity index (χ4v) is 5.59. The SMILES string of the molecule is Cc1ccc(-c2ccc(C=C3SC(=S)N(C4CCCC(C(=O)O)C4)C3=O)o2)c(C)c1. The van der Waals surface area contributed by atoms with Crippen molar-refractivity contribution in [2.24, 2.45) is 5.92 Å². The van der Waals surface area contributed by atoms with Crippen LogP contribution in [0, 0.1) is 19.8 Å². The topological polar surface area (TPSA) is 70.8 Å². The number of aliphatic carboxylic acids is 1. The third-order valence-corrected chi connectivity index (χ3v) is 7.06. The summed E-state index contributed by atoms with van der Waals surface area (Å²) in [4.78, 5) is 26.5. The largest absolute Gasteiger partial charge is 0.481 e. The summed E-state index contributed by atoms with van der Waals surface area (Å²) in [6.07, 6.45) is 4.40. The summed E-state index contributed by atoms with van der Waals surface area (Å²) >= 11 is 6.71. The Morgan fingerprint density at radius 2 is 2.07 bits per heavy atom. The molecule has 1 aromatic heterocycles. The molecule has 1 aliphatic heterocycles. The molecule has 1 amide bonds. The molecule has 2 heterocycles. The number of amides is 1. The normalized spacial score (nSPS) is 23.4. The van der Waals surface area contributed by atoms with Crippen LogP contribution >= 0.6 is 24.0 Å². The molecular weight excluding hydrogens is 418 g/mol. The Hall–Kier alpha value is -2.38. The van der Waals surface area contributed by atoms with Gasteiger partial charge in [0.15, 0.2) is 0 Å². The number of rotatable bonds is 4. The zero-order chi connectivity index (χ0) is 21.4. The van der Waals surface area contributed by atoms with E-state index in [2.05, 4.69) is 13.0 Å². The Morgan fingerprint density at radius 3 is 2.80 bits per heavy atom. The Morgan fingerprint density at radius 1 is 1.27 bits per heavy atom. The van der Waals surface area contributed by atoms with Crippen LogP contribution in [-0.4, -0.2) is 32.2 Å². The minimum Gasteiger partial charge on any atom is -0.481 e. The maximum atomic E-state index is 13.0. The highest BCUT2D eigenvalue weighted by molar-refractivity contribution is 8.26. The number of hydrogen-bond acceptors (Lipinski definition) is 5. The number of thiocarbonyl (C=S) groups is 1. The van der Waals surface area contributed by atoms with E-state index in [0.717, 1.165) is 29.7 Å². The van der Waals surface area contributed by atoms with E-state index in [9.17, 15) is 14.7 Å². The summed E-state index contributed by atoms with van der Waals surface area (Å²) in [5.74, 6) is -0.0215. The van der Waals surface area contributed by atoms with Crippen molar-refractivity contribution < 1.29 is 19.1 Å². The molecule has 1 saturated heterocycles. The van der Waals surface area contributed by atoms with Crippen molar-refractivity contribution in [1.82, 2.24) is 4.90 Å². The summed E-state index contributed by atoms with van der Waals surface area (Å²) in [7, 11) is 0. The predicted molar refractivity (Wildman–Crippen MR) is 122 cm³/mol. The third-order valence-electron chi connectivity index (χ3n) is 5.73. The highest BCUT2D eigenvalue weighted by Gasteiger charge is 2.40. The van der Waals surface area contributed by atoms with E-state index in [4.69, 9.17) is 16.6 Å². The van der Waals surface area contributed by atoms with Crippen LogP contribution in [0.4, 0.5) is 0 Å². The van der Waals surface area contributed by atoms with Gasteiger partial charge in [0.05, 0.1) is 10.8 Å². The zero-order valence-electron chi connectivity index (χ0n) is 16.9. The Balaban J connectivity index is 1.54. The van der Waals surface area contributed by atoms with Crippen LogP contribution in [0.5, 0.6) is 0 Å². The molecule has 4 rings (SSSR count). The van der Waals surface area contributed by atoms with Gasteiger partial charge in [-0.25, -0.2) is 0 Å². The molecule has 2 atom stereocenters. The lowest BCUT2D eigenvalue weighted by molar-refractivity contribution is -0.144. The first kappa shape index (κ1) is 20.9. The molecule has 1 aromatic carbocycles. The second-order valence-electron chi connectivity index (χ2n) is 7.93. The second-order valence-corrected chi connectivity index (χ2v) is 9.60. The highest BCUT2D eigenvalue weighted by atomic mass is 32.2. The van der Waals surface area contributed by atoms with Gasteiger partial charge in [-0.05, 0) is 50.8 Å². The quantitative estimate of drug-likeness (QED) is 0.505. The van der Waals surface area contributed by atoms with E-state index in [0.29, 0.717) is 27.8 Å². The number of carbonyl (C=O) groups excluding carboxylic acids is 1. The maximum Gasteiger partial charge on any atom is 0.306 e. The first-order valence-electron chi connectivity index (χ1n) is 10.0. The summed E-state index contributed by atoms with van der Waals surface area (Å²) < 4.78 is 6.47. The smallest absolute Gasteiger partial charge is 0.306 e. The van der Waals surface area contributed by atoms with Crippen LogP contribution in [0.3, 0.4) is 0 Å². The van der Waals surface area contributed by atoms with Gasteiger partial charge in [0.1, 0.15) is 15.8 Å². The molecule has 5 nitrogen and oxygen atoms in total. The van der Waals surface area contributed by atoms with Gasteiger partial charge in [-0.15, -0.1) is 0 Å². The van der Waals surface area contributed by atoms with Crippen LogP contribution in [0.2, 0.25) is 0 Å². The van der Waals surface area contributed by atoms with Gasteiger partial charge in [-0.3, -0.25) is 14.5 Å². The second kappa shape index (κ2) is 8.40. The van der Waals surface area contributed by atoms with Crippen LogP contribution in [0.1, 0.15) is 42.6 Å². The molecule has 1 saturated carbocycles. The first-order valence-corrected chi connectivity index (χ1v) is 11.2. The van der Waals surface area contributed by atoms with Crippen molar-refractivity contribution in [3.05, 3.63) is 52.1 Å². The molecule has 0 radical (unpaired) electrons. The average molecular weight is 442 g/mol. The molecule has 1 aliphatic carbocycles. The van der Waals surface area contributed by atoms with E-state index in [1.165, 1.54) is 17.3 Å². The number of thioether (sulfide) groups is 1. The van der Waals surface area contributed by atoms with Gasteiger partial charge < -0.3 is 9.52 Å². The lowest BCUT2D eigenvalue weighted by Gasteiger charge is -2.32. The number of carboxylic acid groups (broad SMARTS) is 1. The van der Waals surface area contributed by atoms with Crippen molar-refractivity contribution in [3.8, 4) is 11.3 Å². The van der Waals surface area contributed by atoms with Crippen molar-refractivity contribution >= 4 is 46.3 Å². The molecule has 0 spiro atoms. The van der Waals surface area contributed by atoms with Crippen LogP contribution in [-0.2, 0) is 9.59 Å². The monoisotopic (exact) mass is 441 g/mol. The minimum absolute atomic E-state index is 0.152. The zero-order valence-corrected chi connectivity index (χ0v) is 18.5. The van der Waals surface area contributed by atoms with E-state index in [1.807, 2.05) is 31.2 Å².